The summed E-state index contributed by atoms with van der Waals surface area (Å²) in [5.74, 6) is 0.888. The summed E-state index contributed by atoms with van der Waals surface area (Å²) in [4.78, 5) is 17.4. The molecule has 2 aromatic carbocycles. The van der Waals surface area contributed by atoms with Crippen molar-refractivity contribution in [2.24, 2.45) is 0 Å². The van der Waals surface area contributed by atoms with E-state index in [9.17, 15) is 4.79 Å². The van der Waals surface area contributed by atoms with Crippen LogP contribution < -0.4 is 10.2 Å². The Kier molecular flexibility index (Phi) is 6.19. The molecule has 2 saturated heterocycles. The number of hydrogen-bond donors (Lipinski definition) is 1. The Labute approximate surface area is 174 Å². The lowest BCUT2D eigenvalue weighted by molar-refractivity contribution is -0.130. The molecule has 154 valence electrons. The molecule has 2 aliphatic rings. The van der Waals surface area contributed by atoms with Gasteiger partial charge in [0.2, 0.25) is 5.91 Å². The van der Waals surface area contributed by atoms with E-state index in [-0.39, 0.29) is 5.91 Å². The molecule has 0 unspecified atom stereocenters. The molecule has 2 aromatic rings. The normalized spacial score (nSPS) is 18.1. The SMILES string of the molecule is Cc1ccc(CC(=O)N2CCN(c3ccccc3C)CC2)cc1C1CCNCC1. The molecule has 0 saturated carbocycles. The van der Waals surface area contributed by atoms with E-state index in [1.54, 1.807) is 0 Å². The smallest absolute Gasteiger partial charge is 0.227 e. The lowest BCUT2D eigenvalue weighted by Gasteiger charge is -2.37. The van der Waals surface area contributed by atoms with Gasteiger partial charge in [0, 0.05) is 31.9 Å². The van der Waals surface area contributed by atoms with Gasteiger partial charge in [0.1, 0.15) is 0 Å². The number of amides is 1. The minimum absolute atomic E-state index is 0.259. The number of nitrogens with one attached hydrogen (secondary N) is 1. The van der Waals surface area contributed by atoms with E-state index in [0.717, 1.165) is 44.8 Å². The Morgan fingerprint density at radius 1 is 0.966 bits per heavy atom. The predicted molar refractivity (Wildman–Crippen MR) is 120 cm³/mol. The lowest BCUT2D eigenvalue weighted by atomic mass is 9.86. The summed E-state index contributed by atoms with van der Waals surface area (Å²) in [6.07, 6.45) is 2.90. The summed E-state index contributed by atoms with van der Waals surface area (Å²) in [6, 6.07) is 15.2. The van der Waals surface area contributed by atoms with Crippen LogP contribution in [0.15, 0.2) is 42.5 Å². The van der Waals surface area contributed by atoms with E-state index in [2.05, 4.69) is 66.5 Å². The van der Waals surface area contributed by atoms with Crippen LogP contribution in [0.3, 0.4) is 0 Å². The van der Waals surface area contributed by atoms with E-state index in [4.69, 9.17) is 0 Å². The third-order valence-electron chi connectivity index (χ3n) is 6.57. The number of nitrogens with zero attached hydrogens (tertiary/aromatic N) is 2. The quantitative estimate of drug-likeness (QED) is 0.864. The van der Waals surface area contributed by atoms with Crippen molar-refractivity contribution in [3.05, 3.63) is 64.7 Å². The number of para-hydroxylation sites is 1. The van der Waals surface area contributed by atoms with Crippen LogP contribution >= 0.6 is 0 Å². The molecule has 0 atom stereocenters. The Morgan fingerprint density at radius 3 is 2.41 bits per heavy atom. The molecular formula is C25H33N3O. The Morgan fingerprint density at radius 2 is 1.69 bits per heavy atom. The molecule has 0 radical (unpaired) electrons. The summed E-state index contributed by atoms with van der Waals surface area (Å²) in [6.45, 7) is 9.98. The number of aryl methyl sites for hydroxylation is 2. The molecule has 4 nitrogen and oxygen atoms in total. The lowest BCUT2D eigenvalue weighted by Crippen LogP contribution is -2.49. The zero-order valence-corrected chi connectivity index (χ0v) is 17.8. The maximum Gasteiger partial charge on any atom is 0.227 e. The highest BCUT2D eigenvalue weighted by Gasteiger charge is 2.23. The number of rotatable bonds is 4. The van der Waals surface area contributed by atoms with Gasteiger partial charge in [-0.25, -0.2) is 0 Å². The minimum atomic E-state index is 0.259. The van der Waals surface area contributed by atoms with Gasteiger partial charge >= 0.3 is 0 Å². The van der Waals surface area contributed by atoms with E-state index in [0.29, 0.717) is 12.3 Å². The average Bonchev–Trinajstić information content (AvgIpc) is 2.76. The maximum atomic E-state index is 12.9. The number of benzene rings is 2. The van der Waals surface area contributed by atoms with Gasteiger partial charge in [-0.2, -0.15) is 0 Å². The molecule has 4 rings (SSSR count). The minimum Gasteiger partial charge on any atom is -0.368 e. The van der Waals surface area contributed by atoms with Gasteiger partial charge in [0.15, 0.2) is 0 Å². The second kappa shape index (κ2) is 9.00. The van der Waals surface area contributed by atoms with Gasteiger partial charge < -0.3 is 15.1 Å². The zero-order chi connectivity index (χ0) is 20.2. The monoisotopic (exact) mass is 391 g/mol. The number of piperidine rings is 1. The first-order chi connectivity index (χ1) is 14.1. The standard InChI is InChI=1S/C25H33N3O/c1-19-7-8-21(17-23(19)22-9-11-26-12-10-22)18-25(29)28-15-13-27(14-16-28)24-6-4-3-5-20(24)2/h3-8,17,22,26H,9-16,18H2,1-2H3. The van der Waals surface area contributed by atoms with Gasteiger partial charge in [-0.15, -0.1) is 0 Å². The summed E-state index contributed by atoms with van der Waals surface area (Å²) in [5, 5.41) is 3.45. The van der Waals surface area contributed by atoms with Gasteiger partial charge in [-0.3, -0.25) is 4.79 Å². The summed E-state index contributed by atoms with van der Waals surface area (Å²) in [7, 11) is 0. The van der Waals surface area contributed by atoms with Crippen LogP contribution in [0.1, 0.15) is 41.0 Å². The van der Waals surface area contributed by atoms with Crippen molar-refractivity contribution >= 4 is 11.6 Å². The Balaban J connectivity index is 1.37. The highest BCUT2D eigenvalue weighted by Crippen LogP contribution is 2.29. The molecule has 2 aliphatic heterocycles. The Bertz CT molecular complexity index is 849. The topological polar surface area (TPSA) is 35.6 Å². The van der Waals surface area contributed by atoms with Crippen molar-refractivity contribution in [1.29, 1.82) is 0 Å². The molecule has 29 heavy (non-hydrogen) atoms. The van der Waals surface area contributed by atoms with Gasteiger partial charge in [-0.05, 0) is 74.0 Å². The number of anilines is 1. The second-order valence-electron chi connectivity index (χ2n) is 8.55. The zero-order valence-electron chi connectivity index (χ0n) is 17.8. The van der Waals surface area contributed by atoms with Gasteiger partial charge in [0.05, 0.1) is 6.42 Å². The molecule has 2 heterocycles. The van der Waals surface area contributed by atoms with Crippen LogP contribution in [0.5, 0.6) is 0 Å². The van der Waals surface area contributed by atoms with Crippen molar-refractivity contribution in [3.63, 3.8) is 0 Å². The fourth-order valence-electron chi connectivity index (χ4n) is 4.77. The van der Waals surface area contributed by atoms with Gasteiger partial charge in [-0.1, -0.05) is 36.4 Å². The van der Waals surface area contributed by atoms with E-state index in [1.165, 1.54) is 35.2 Å². The fraction of sp³-hybridized carbons (Fsp3) is 0.480. The summed E-state index contributed by atoms with van der Waals surface area (Å²) >= 11 is 0. The van der Waals surface area contributed by atoms with Gasteiger partial charge in [0.25, 0.3) is 0 Å². The molecule has 1 N–H and O–H groups in total. The molecule has 0 spiro atoms. The van der Waals surface area contributed by atoms with Crippen LogP contribution in [0.25, 0.3) is 0 Å². The number of carbonyl (C=O) groups excluding carboxylic acids is 1. The van der Waals surface area contributed by atoms with E-state index < -0.39 is 0 Å². The van der Waals surface area contributed by atoms with Crippen molar-refractivity contribution in [1.82, 2.24) is 10.2 Å². The molecule has 4 heteroatoms. The molecule has 1 amide bonds. The first-order valence-corrected chi connectivity index (χ1v) is 11.0. The van der Waals surface area contributed by atoms with Crippen molar-refractivity contribution < 1.29 is 4.79 Å². The van der Waals surface area contributed by atoms with Crippen molar-refractivity contribution in [3.8, 4) is 0 Å². The van der Waals surface area contributed by atoms with Crippen molar-refractivity contribution in [2.45, 2.75) is 39.0 Å². The first-order valence-electron chi connectivity index (χ1n) is 11.0. The third-order valence-corrected chi connectivity index (χ3v) is 6.57. The van der Waals surface area contributed by atoms with Crippen molar-refractivity contribution in [2.75, 3.05) is 44.2 Å². The Hall–Kier alpha value is -2.33. The average molecular weight is 392 g/mol. The highest BCUT2D eigenvalue weighted by molar-refractivity contribution is 5.79. The largest absolute Gasteiger partial charge is 0.368 e. The first kappa shape index (κ1) is 20.0. The number of hydrogen-bond acceptors (Lipinski definition) is 3. The number of carbonyl (C=O) groups is 1. The molecule has 0 aromatic heterocycles. The van der Waals surface area contributed by atoms with Crippen LogP contribution in [0.4, 0.5) is 5.69 Å². The maximum absolute atomic E-state index is 12.9. The molecule has 2 fully saturated rings. The predicted octanol–water partition coefficient (Wildman–Crippen LogP) is 3.66. The second-order valence-corrected chi connectivity index (χ2v) is 8.55. The summed E-state index contributed by atoms with van der Waals surface area (Å²) < 4.78 is 0. The van der Waals surface area contributed by atoms with E-state index >= 15 is 0 Å². The van der Waals surface area contributed by atoms with E-state index in [1.807, 2.05) is 4.90 Å². The van der Waals surface area contributed by atoms with Crippen LogP contribution in [-0.2, 0) is 11.2 Å². The molecular weight excluding hydrogens is 358 g/mol. The molecule has 0 bridgehead atoms. The molecule has 0 aliphatic carbocycles. The fourth-order valence-corrected chi connectivity index (χ4v) is 4.77. The third kappa shape index (κ3) is 4.64. The van der Waals surface area contributed by atoms with Crippen LogP contribution in [0.2, 0.25) is 0 Å². The highest BCUT2D eigenvalue weighted by atomic mass is 16.2. The summed E-state index contributed by atoms with van der Waals surface area (Å²) in [5.41, 5.74) is 6.57. The number of piperazine rings is 1. The van der Waals surface area contributed by atoms with Crippen LogP contribution in [-0.4, -0.2) is 50.1 Å². The van der Waals surface area contributed by atoms with Crippen LogP contribution in [0, 0.1) is 13.8 Å².